The van der Waals surface area contributed by atoms with Crippen LogP contribution in [0, 0.1) is 5.92 Å². The predicted octanol–water partition coefficient (Wildman–Crippen LogP) is 2.69. The maximum absolute atomic E-state index is 12.1. The first kappa shape index (κ1) is 14.4. The van der Waals surface area contributed by atoms with Gasteiger partial charge in [-0.2, -0.15) is 0 Å². The van der Waals surface area contributed by atoms with Gasteiger partial charge in [0.15, 0.2) is 0 Å². The fraction of sp³-hybridized carbons (Fsp3) is 0.533. The maximum atomic E-state index is 12.1. The van der Waals surface area contributed by atoms with E-state index in [-0.39, 0.29) is 17.9 Å². The van der Waals surface area contributed by atoms with Crippen LogP contribution in [-0.2, 0) is 0 Å². The van der Waals surface area contributed by atoms with Crippen LogP contribution in [0.25, 0.3) is 0 Å². The fourth-order valence-electron chi connectivity index (χ4n) is 2.48. The molecule has 0 heterocycles. The Kier molecular flexibility index (Phi) is 5.28. The molecule has 1 fully saturated rings. The highest BCUT2D eigenvalue weighted by molar-refractivity contribution is 7.99. The first-order valence-electron chi connectivity index (χ1n) is 6.90. The van der Waals surface area contributed by atoms with Crippen molar-refractivity contribution in [1.82, 2.24) is 5.32 Å². The average molecular weight is 279 g/mol. The van der Waals surface area contributed by atoms with Gasteiger partial charge in [0, 0.05) is 22.9 Å². The van der Waals surface area contributed by atoms with E-state index < -0.39 is 0 Å². The summed E-state index contributed by atoms with van der Waals surface area (Å²) in [6, 6.07) is 7.69. The molecule has 2 atom stereocenters. The molecular weight excluding hydrogens is 258 g/mol. The van der Waals surface area contributed by atoms with Crippen molar-refractivity contribution in [3.63, 3.8) is 0 Å². The molecule has 1 aromatic carbocycles. The van der Waals surface area contributed by atoms with E-state index in [1.54, 1.807) is 11.8 Å². The largest absolute Gasteiger partial charge is 0.393 e. The molecule has 104 valence electrons. The molecule has 0 aliphatic heterocycles. The van der Waals surface area contributed by atoms with Crippen LogP contribution in [0.15, 0.2) is 29.2 Å². The number of benzene rings is 1. The summed E-state index contributed by atoms with van der Waals surface area (Å²) in [7, 11) is 0. The molecule has 0 radical (unpaired) electrons. The van der Waals surface area contributed by atoms with Gasteiger partial charge in [-0.05, 0) is 36.8 Å². The summed E-state index contributed by atoms with van der Waals surface area (Å²) in [5, 5.41) is 12.7. The molecule has 4 heteroatoms. The summed E-state index contributed by atoms with van der Waals surface area (Å²) in [5.74, 6) is 1.18. The van der Waals surface area contributed by atoms with Crippen LogP contribution < -0.4 is 5.32 Å². The van der Waals surface area contributed by atoms with E-state index >= 15 is 0 Å². The Morgan fingerprint density at radius 3 is 3.00 bits per heavy atom. The van der Waals surface area contributed by atoms with Crippen molar-refractivity contribution in [2.45, 2.75) is 37.2 Å². The van der Waals surface area contributed by atoms with Gasteiger partial charge in [0.2, 0.25) is 0 Å². The third kappa shape index (κ3) is 3.98. The molecule has 1 aromatic rings. The normalized spacial score (nSPS) is 22.4. The van der Waals surface area contributed by atoms with E-state index in [9.17, 15) is 9.90 Å². The molecule has 2 rings (SSSR count). The molecule has 3 nitrogen and oxygen atoms in total. The third-order valence-electron chi connectivity index (χ3n) is 3.55. The van der Waals surface area contributed by atoms with Crippen LogP contribution >= 0.6 is 11.8 Å². The number of hydrogen-bond acceptors (Lipinski definition) is 3. The molecule has 1 amide bonds. The summed E-state index contributed by atoms with van der Waals surface area (Å²) in [6.45, 7) is 2.67. The Morgan fingerprint density at radius 2 is 2.32 bits per heavy atom. The minimum Gasteiger partial charge on any atom is -0.393 e. The Labute approximate surface area is 118 Å². The molecule has 0 spiro atoms. The smallest absolute Gasteiger partial charge is 0.251 e. The Bertz CT molecular complexity index is 436. The number of rotatable bonds is 5. The lowest BCUT2D eigenvalue weighted by atomic mass is 10.1. The van der Waals surface area contributed by atoms with Crippen molar-refractivity contribution in [3.8, 4) is 0 Å². The molecule has 19 heavy (non-hydrogen) atoms. The van der Waals surface area contributed by atoms with Gasteiger partial charge in [0.25, 0.3) is 5.91 Å². The van der Waals surface area contributed by atoms with Crippen molar-refractivity contribution >= 4 is 17.7 Å². The minimum atomic E-state index is -0.248. The van der Waals surface area contributed by atoms with E-state index in [0.29, 0.717) is 12.1 Å². The summed E-state index contributed by atoms with van der Waals surface area (Å²) >= 11 is 1.73. The van der Waals surface area contributed by atoms with Crippen LogP contribution in [-0.4, -0.2) is 29.4 Å². The second-order valence-electron chi connectivity index (χ2n) is 4.93. The molecular formula is C15H21NO2S. The third-order valence-corrected chi connectivity index (χ3v) is 4.43. The monoisotopic (exact) mass is 279 g/mol. The Hall–Kier alpha value is -1.00. The molecule has 1 aliphatic rings. The van der Waals surface area contributed by atoms with Gasteiger partial charge in [-0.25, -0.2) is 0 Å². The second-order valence-corrected chi connectivity index (χ2v) is 6.27. The summed E-state index contributed by atoms with van der Waals surface area (Å²) in [5.41, 5.74) is 0.700. The Balaban J connectivity index is 1.90. The van der Waals surface area contributed by atoms with E-state index in [4.69, 9.17) is 0 Å². The lowest BCUT2D eigenvalue weighted by Gasteiger charge is -2.15. The number of nitrogens with one attached hydrogen (secondary N) is 1. The summed E-state index contributed by atoms with van der Waals surface area (Å²) in [4.78, 5) is 13.2. The van der Waals surface area contributed by atoms with Crippen molar-refractivity contribution in [2.75, 3.05) is 12.3 Å². The van der Waals surface area contributed by atoms with Crippen LogP contribution in [0.1, 0.15) is 36.5 Å². The molecule has 2 N–H and O–H groups in total. The molecule has 2 unspecified atom stereocenters. The topological polar surface area (TPSA) is 49.3 Å². The number of carbonyl (C=O) groups is 1. The van der Waals surface area contributed by atoms with Crippen LogP contribution in [0.4, 0.5) is 0 Å². The van der Waals surface area contributed by atoms with Gasteiger partial charge in [-0.1, -0.05) is 19.4 Å². The summed E-state index contributed by atoms with van der Waals surface area (Å²) in [6.07, 6.45) is 2.68. The van der Waals surface area contributed by atoms with Gasteiger partial charge in [-0.3, -0.25) is 4.79 Å². The zero-order chi connectivity index (χ0) is 13.7. The first-order chi connectivity index (χ1) is 9.20. The van der Waals surface area contributed by atoms with Gasteiger partial charge in [-0.15, -0.1) is 11.8 Å². The van der Waals surface area contributed by atoms with Gasteiger partial charge < -0.3 is 10.4 Å². The SMILES string of the molecule is CCSc1cccc(C(=O)NCC2CCCC2O)c1. The highest BCUT2D eigenvalue weighted by Gasteiger charge is 2.25. The van der Waals surface area contributed by atoms with E-state index in [1.807, 2.05) is 24.3 Å². The molecule has 1 saturated carbocycles. The van der Waals surface area contributed by atoms with Gasteiger partial charge >= 0.3 is 0 Å². The maximum Gasteiger partial charge on any atom is 0.251 e. The van der Waals surface area contributed by atoms with E-state index in [2.05, 4.69) is 12.2 Å². The van der Waals surface area contributed by atoms with Gasteiger partial charge in [0.1, 0.15) is 0 Å². The van der Waals surface area contributed by atoms with Crippen molar-refractivity contribution in [3.05, 3.63) is 29.8 Å². The molecule has 0 bridgehead atoms. The average Bonchev–Trinajstić information content (AvgIpc) is 2.82. The zero-order valence-electron chi connectivity index (χ0n) is 11.3. The van der Waals surface area contributed by atoms with Crippen molar-refractivity contribution in [1.29, 1.82) is 0 Å². The number of thioether (sulfide) groups is 1. The fourth-order valence-corrected chi connectivity index (χ4v) is 3.19. The summed E-state index contributed by atoms with van der Waals surface area (Å²) < 4.78 is 0. The standard InChI is InChI=1S/C15H21NO2S/c1-2-19-13-7-3-5-11(9-13)15(18)16-10-12-6-4-8-14(12)17/h3,5,7,9,12,14,17H,2,4,6,8,10H2,1H3,(H,16,18). The quantitative estimate of drug-likeness (QED) is 0.815. The molecule has 0 aromatic heterocycles. The van der Waals surface area contributed by atoms with Crippen molar-refractivity contribution < 1.29 is 9.90 Å². The number of aliphatic hydroxyl groups excluding tert-OH is 1. The highest BCUT2D eigenvalue weighted by Crippen LogP contribution is 2.25. The van der Waals surface area contributed by atoms with Gasteiger partial charge in [0.05, 0.1) is 6.10 Å². The zero-order valence-corrected chi connectivity index (χ0v) is 12.1. The lowest BCUT2D eigenvalue weighted by Crippen LogP contribution is -2.32. The molecule has 1 aliphatic carbocycles. The molecule has 0 saturated heterocycles. The second kappa shape index (κ2) is 6.96. The van der Waals surface area contributed by atoms with Crippen LogP contribution in [0.5, 0.6) is 0 Å². The number of amides is 1. The van der Waals surface area contributed by atoms with E-state index in [0.717, 1.165) is 29.9 Å². The number of aliphatic hydroxyl groups is 1. The first-order valence-corrected chi connectivity index (χ1v) is 7.88. The van der Waals surface area contributed by atoms with Crippen LogP contribution in [0.2, 0.25) is 0 Å². The Morgan fingerprint density at radius 1 is 1.47 bits per heavy atom. The van der Waals surface area contributed by atoms with E-state index in [1.165, 1.54) is 0 Å². The highest BCUT2D eigenvalue weighted by atomic mass is 32.2. The lowest BCUT2D eigenvalue weighted by molar-refractivity contribution is 0.0916. The number of carbonyl (C=O) groups excluding carboxylic acids is 1. The van der Waals surface area contributed by atoms with Crippen molar-refractivity contribution in [2.24, 2.45) is 5.92 Å². The minimum absolute atomic E-state index is 0.0438. The number of hydrogen-bond donors (Lipinski definition) is 2. The predicted molar refractivity (Wildman–Crippen MR) is 78.5 cm³/mol. The van der Waals surface area contributed by atoms with Crippen LogP contribution in [0.3, 0.4) is 0 Å².